The van der Waals surface area contributed by atoms with Crippen molar-refractivity contribution in [3.05, 3.63) is 35.9 Å². The van der Waals surface area contributed by atoms with Crippen LogP contribution in [0.4, 0.5) is 0 Å². The zero-order valence-electron chi connectivity index (χ0n) is 10.1. The number of hydrogen-bond acceptors (Lipinski definition) is 4. The lowest BCUT2D eigenvalue weighted by molar-refractivity contribution is 0.373. The molecule has 0 bridgehead atoms. The molecule has 0 aliphatic carbocycles. The van der Waals surface area contributed by atoms with Gasteiger partial charge < -0.3 is 0 Å². The van der Waals surface area contributed by atoms with E-state index in [4.69, 9.17) is 0 Å². The lowest BCUT2D eigenvalue weighted by Crippen LogP contribution is -2.49. The van der Waals surface area contributed by atoms with Gasteiger partial charge in [0.15, 0.2) is 9.84 Å². The molecule has 4 nitrogen and oxygen atoms in total. The van der Waals surface area contributed by atoms with Crippen LogP contribution in [0.1, 0.15) is 18.4 Å². The van der Waals surface area contributed by atoms with Crippen molar-refractivity contribution in [1.82, 2.24) is 5.32 Å². The quantitative estimate of drug-likeness (QED) is 0.892. The molecular formula is C13H16N2O2S. The number of sulfone groups is 1. The summed E-state index contributed by atoms with van der Waals surface area (Å²) in [6.07, 6.45) is 0.747. The Hall–Kier alpha value is -1.38. The molecule has 1 heterocycles. The predicted octanol–water partition coefficient (Wildman–Crippen LogP) is 1.25. The molecule has 0 amide bonds. The van der Waals surface area contributed by atoms with Crippen LogP contribution >= 0.6 is 0 Å². The average molecular weight is 264 g/mol. The van der Waals surface area contributed by atoms with Gasteiger partial charge in [-0.1, -0.05) is 30.3 Å². The highest BCUT2D eigenvalue weighted by atomic mass is 32.2. The Morgan fingerprint density at radius 1 is 1.22 bits per heavy atom. The molecule has 0 spiro atoms. The van der Waals surface area contributed by atoms with Crippen LogP contribution in [-0.4, -0.2) is 25.5 Å². The van der Waals surface area contributed by atoms with Crippen molar-refractivity contribution in [2.45, 2.75) is 24.9 Å². The summed E-state index contributed by atoms with van der Waals surface area (Å²) in [4.78, 5) is 0. The molecule has 2 rings (SSSR count). The van der Waals surface area contributed by atoms with E-state index < -0.39 is 15.4 Å². The summed E-state index contributed by atoms with van der Waals surface area (Å²) in [6.45, 7) is 0.592. The van der Waals surface area contributed by atoms with Gasteiger partial charge in [-0.3, -0.25) is 5.32 Å². The molecule has 18 heavy (non-hydrogen) atoms. The van der Waals surface area contributed by atoms with E-state index in [2.05, 4.69) is 11.4 Å². The summed E-state index contributed by atoms with van der Waals surface area (Å²) < 4.78 is 22.8. The van der Waals surface area contributed by atoms with Gasteiger partial charge in [0, 0.05) is 6.54 Å². The zero-order chi connectivity index (χ0) is 13.1. The molecule has 96 valence electrons. The van der Waals surface area contributed by atoms with Crippen LogP contribution in [0.3, 0.4) is 0 Å². The van der Waals surface area contributed by atoms with Crippen LogP contribution in [0, 0.1) is 11.3 Å². The standard InChI is InChI=1S/C13H16N2O2S/c14-11-13(6-8-18(16,17)9-7-13)15-10-12-4-2-1-3-5-12/h1-5,15H,6-10H2. The van der Waals surface area contributed by atoms with Crippen molar-refractivity contribution >= 4 is 9.84 Å². The second-order valence-corrected chi connectivity index (χ2v) is 6.99. The average Bonchev–Trinajstić information content (AvgIpc) is 2.40. The van der Waals surface area contributed by atoms with Gasteiger partial charge in [-0.25, -0.2) is 8.42 Å². The van der Waals surface area contributed by atoms with E-state index in [1.54, 1.807) is 0 Å². The number of nitriles is 1. The number of rotatable bonds is 3. The second-order valence-electron chi connectivity index (χ2n) is 4.68. The maximum absolute atomic E-state index is 11.4. The Bertz CT molecular complexity index is 532. The van der Waals surface area contributed by atoms with E-state index >= 15 is 0 Å². The first kappa shape index (κ1) is 13.1. The van der Waals surface area contributed by atoms with Crippen molar-refractivity contribution in [3.8, 4) is 6.07 Å². The third-order valence-electron chi connectivity index (χ3n) is 3.37. The molecule has 0 aromatic heterocycles. The van der Waals surface area contributed by atoms with Crippen molar-refractivity contribution in [2.75, 3.05) is 11.5 Å². The van der Waals surface area contributed by atoms with Crippen LogP contribution in [-0.2, 0) is 16.4 Å². The fourth-order valence-electron chi connectivity index (χ4n) is 2.08. The van der Waals surface area contributed by atoms with Gasteiger partial charge in [-0.15, -0.1) is 0 Å². The fraction of sp³-hybridized carbons (Fsp3) is 0.462. The fourth-order valence-corrected chi connectivity index (χ4v) is 3.60. The molecule has 1 N–H and O–H groups in total. The van der Waals surface area contributed by atoms with E-state index in [1.807, 2.05) is 30.3 Å². The largest absolute Gasteiger partial charge is 0.295 e. The normalized spacial score (nSPS) is 21.1. The third kappa shape index (κ3) is 3.09. The number of nitrogens with one attached hydrogen (secondary N) is 1. The molecule has 1 fully saturated rings. The van der Waals surface area contributed by atoms with Crippen molar-refractivity contribution in [3.63, 3.8) is 0 Å². The first-order valence-electron chi connectivity index (χ1n) is 5.96. The van der Waals surface area contributed by atoms with Crippen molar-refractivity contribution < 1.29 is 8.42 Å². The highest BCUT2D eigenvalue weighted by Crippen LogP contribution is 2.23. The number of benzene rings is 1. The molecule has 0 unspecified atom stereocenters. The van der Waals surface area contributed by atoms with Crippen LogP contribution in [0.25, 0.3) is 0 Å². The SMILES string of the molecule is N#CC1(NCc2ccccc2)CCS(=O)(=O)CC1. The molecule has 5 heteroatoms. The summed E-state index contributed by atoms with van der Waals surface area (Å²) >= 11 is 0. The highest BCUT2D eigenvalue weighted by Gasteiger charge is 2.36. The first-order chi connectivity index (χ1) is 8.55. The first-order valence-corrected chi connectivity index (χ1v) is 7.78. The molecular weight excluding hydrogens is 248 g/mol. The van der Waals surface area contributed by atoms with E-state index in [0.29, 0.717) is 19.4 Å². The van der Waals surface area contributed by atoms with Gasteiger partial charge in [-0.2, -0.15) is 5.26 Å². The maximum atomic E-state index is 11.4. The summed E-state index contributed by atoms with van der Waals surface area (Å²) in [5, 5.41) is 12.5. The topological polar surface area (TPSA) is 70.0 Å². The minimum absolute atomic E-state index is 0.0996. The van der Waals surface area contributed by atoms with Crippen LogP contribution in [0.5, 0.6) is 0 Å². The molecule has 1 saturated heterocycles. The lowest BCUT2D eigenvalue weighted by Gasteiger charge is -2.31. The Morgan fingerprint density at radius 2 is 1.83 bits per heavy atom. The van der Waals surface area contributed by atoms with Gasteiger partial charge >= 0.3 is 0 Å². The van der Waals surface area contributed by atoms with E-state index in [9.17, 15) is 13.7 Å². The molecule has 1 aromatic rings. The van der Waals surface area contributed by atoms with Crippen LogP contribution in [0.15, 0.2) is 30.3 Å². The van der Waals surface area contributed by atoms with Gasteiger partial charge in [0.05, 0.1) is 17.6 Å². The van der Waals surface area contributed by atoms with Crippen molar-refractivity contribution in [2.24, 2.45) is 0 Å². The summed E-state index contributed by atoms with van der Waals surface area (Å²) in [6, 6.07) is 12.1. The van der Waals surface area contributed by atoms with Gasteiger partial charge in [-0.05, 0) is 18.4 Å². The zero-order valence-corrected chi connectivity index (χ0v) is 10.9. The molecule has 0 saturated carbocycles. The molecule has 0 radical (unpaired) electrons. The number of hydrogen-bond donors (Lipinski definition) is 1. The van der Waals surface area contributed by atoms with E-state index in [1.165, 1.54) is 0 Å². The molecule has 1 aliphatic heterocycles. The van der Waals surface area contributed by atoms with Gasteiger partial charge in [0.25, 0.3) is 0 Å². The third-order valence-corrected chi connectivity index (χ3v) is 5.02. The second kappa shape index (κ2) is 5.09. The van der Waals surface area contributed by atoms with Crippen molar-refractivity contribution in [1.29, 1.82) is 5.26 Å². The Labute approximate surface area is 108 Å². The molecule has 0 atom stereocenters. The number of nitrogens with zero attached hydrogens (tertiary/aromatic N) is 1. The minimum Gasteiger partial charge on any atom is -0.295 e. The van der Waals surface area contributed by atoms with E-state index in [0.717, 1.165) is 5.56 Å². The van der Waals surface area contributed by atoms with Gasteiger partial charge in [0.2, 0.25) is 0 Å². The van der Waals surface area contributed by atoms with Gasteiger partial charge in [0.1, 0.15) is 5.54 Å². The lowest BCUT2D eigenvalue weighted by atomic mass is 9.94. The highest BCUT2D eigenvalue weighted by molar-refractivity contribution is 7.91. The summed E-state index contributed by atoms with van der Waals surface area (Å²) in [5.74, 6) is 0.199. The Morgan fingerprint density at radius 3 is 2.39 bits per heavy atom. The van der Waals surface area contributed by atoms with Crippen LogP contribution < -0.4 is 5.32 Å². The maximum Gasteiger partial charge on any atom is 0.150 e. The summed E-state index contributed by atoms with van der Waals surface area (Å²) in [7, 11) is -2.94. The molecule has 1 aliphatic rings. The smallest absolute Gasteiger partial charge is 0.150 e. The Balaban J connectivity index is 2.01. The monoisotopic (exact) mass is 264 g/mol. The van der Waals surface area contributed by atoms with Crippen LogP contribution in [0.2, 0.25) is 0 Å². The summed E-state index contributed by atoms with van der Waals surface area (Å²) in [5.41, 5.74) is 0.404. The predicted molar refractivity (Wildman–Crippen MR) is 69.5 cm³/mol. The molecule has 1 aromatic carbocycles. The Kier molecular flexibility index (Phi) is 3.69. The van der Waals surface area contributed by atoms with E-state index in [-0.39, 0.29) is 11.5 Å². The minimum atomic E-state index is -2.94.